The number of ether oxygens (including phenoxy) is 1. The molecule has 2 aromatic rings. The topological polar surface area (TPSA) is 15.7 Å². The summed E-state index contributed by atoms with van der Waals surface area (Å²) in [5.74, 6) is 0. The van der Waals surface area contributed by atoms with E-state index >= 15 is 0 Å². The number of anilines is 1. The standard InChI is InChI=1S/C21H28N2O/c1-17-3-2-9-22(17)10-8-18-4-5-20-16-21(7-6-19(20)15-18)23-11-13-24-14-12-23/h4-7,15-17H,2-3,8-14H2,1H3/t17-/m1/s1. The smallest absolute Gasteiger partial charge is 0.0642 e. The quantitative estimate of drug-likeness (QED) is 0.853. The van der Waals surface area contributed by atoms with E-state index in [1.165, 1.54) is 48.0 Å². The van der Waals surface area contributed by atoms with E-state index in [0.29, 0.717) is 0 Å². The molecule has 3 nitrogen and oxygen atoms in total. The number of nitrogens with zero attached hydrogens (tertiary/aromatic N) is 2. The average Bonchev–Trinajstić information content (AvgIpc) is 3.05. The number of rotatable bonds is 4. The lowest BCUT2D eigenvalue weighted by Gasteiger charge is -2.29. The Bertz CT molecular complexity index is 693. The van der Waals surface area contributed by atoms with Crippen LogP contribution in [-0.2, 0) is 11.2 Å². The van der Waals surface area contributed by atoms with Crippen LogP contribution in [0.4, 0.5) is 5.69 Å². The zero-order valence-electron chi connectivity index (χ0n) is 14.7. The van der Waals surface area contributed by atoms with Gasteiger partial charge in [-0.05, 0) is 61.2 Å². The number of hydrogen-bond acceptors (Lipinski definition) is 3. The van der Waals surface area contributed by atoms with Crippen LogP contribution in [0.25, 0.3) is 10.8 Å². The van der Waals surface area contributed by atoms with Crippen molar-refractivity contribution in [3.63, 3.8) is 0 Å². The van der Waals surface area contributed by atoms with E-state index in [2.05, 4.69) is 53.1 Å². The largest absolute Gasteiger partial charge is 0.378 e. The third kappa shape index (κ3) is 3.42. The molecule has 0 unspecified atom stereocenters. The fourth-order valence-electron chi connectivity index (χ4n) is 4.05. The molecule has 2 fully saturated rings. The predicted octanol–water partition coefficient (Wildman–Crippen LogP) is 3.70. The van der Waals surface area contributed by atoms with Gasteiger partial charge in [0.05, 0.1) is 13.2 Å². The maximum atomic E-state index is 5.46. The molecule has 24 heavy (non-hydrogen) atoms. The minimum atomic E-state index is 0.765. The molecular weight excluding hydrogens is 296 g/mol. The van der Waals surface area contributed by atoms with Gasteiger partial charge in [0.15, 0.2) is 0 Å². The van der Waals surface area contributed by atoms with Crippen molar-refractivity contribution in [1.29, 1.82) is 0 Å². The van der Waals surface area contributed by atoms with Crippen molar-refractivity contribution in [2.24, 2.45) is 0 Å². The van der Waals surface area contributed by atoms with Crippen LogP contribution in [0.5, 0.6) is 0 Å². The Morgan fingerprint density at radius 3 is 2.58 bits per heavy atom. The Kier molecular flexibility index (Phi) is 4.72. The molecule has 2 aliphatic rings. The minimum Gasteiger partial charge on any atom is -0.378 e. The van der Waals surface area contributed by atoms with Crippen LogP contribution in [0.1, 0.15) is 25.3 Å². The molecule has 2 heterocycles. The summed E-state index contributed by atoms with van der Waals surface area (Å²) in [7, 11) is 0. The number of fused-ring (bicyclic) bond motifs is 1. The van der Waals surface area contributed by atoms with E-state index in [1.54, 1.807) is 0 Å². The molecule has 1 atom stereocenters. The van der Waals surface area contributed by atoms with Crippen molar-refractivity contribution >= 4 is 16.5 Å². The van der Waals surface area contributed by atoms with Gasteiger partial charge in [-0.2, -0.15) is 0 Å². The van der Waals surface area contributed by atoms with Gasteiger partial charge in [0, 0.05) is 31.4 Å². The molecule has 0 saturated carbocycles. The summed E-state index contributed by atoms with van der Waals surface area (Å²) in [5, 5.41) is 2.70. The Balaban J connectivity index is 1.47. The van der Waals surface area contributed by atoms with E-state index in [-0.39, 0.29) is 0 Å². The molecule has 4 rings (SSSR count). The van der Waals surface area contributed by atoms with Crippen molar-refractivity contribution in [2.75, 3.05) is 44.3 Å². The lowest BCUT2D eigenvalue weighted by Crippen LogP contribution is -2.36. The molecule has 3 heteroatoms. The number of likely N-dealkylation sites (tertiary alicyclic amines) is 1. The Morgan fingerprint density at radius 1 is 1.00 bits per heavy atom. The lowest BCUT2D eigenvalue weighted by molar-refractivity contribution is 0.122. The third-order valence-electron chi connectivity index (χ3n) is 5.64. The molecule has 0 bridgehead atoms. The van der Waals surface area contributed by atoms with E-state index in [0.717, 1.165) is 38.8 Å². The number of benzene rings is 2. The van der Waals surface area contributed by atoms with E-state index < -0.39 is 0 Å². The fourth-order valence-corrected chi connectivity index (χ4v) is 4.05. The third-order valence-corrected chi connectivity index (χ3v) is 5.64. The highest BCUT2D eigenvalue weighted by Crippen LogP contribution is 2.24. The zero-order valence-corrected chi connectivity index (χ0v) is 14.7. The monoisotopic (exact) mass is 324 g/mol. The molecule has 0 spiro atoms. The molecule has 2 aliphatic heterocycles. The summed E-state index contributed by atoms with van der Waals surface area (Å²) in [6, 6.07) is 14.6. The van der Waals surface area contributed by atoms with Gasteiger partial charge >= 0.3 is 0 Å². The number of morpholine rings is 1. The zero-order chi connectivity index (χ0) is 16.4. The Hall–Kier alpha value is -1.58. The molecular formula is C21H28N2O. The van der Waals surface area contributed by atoms with Gasteiger partial charge in [-0.1, -0.05) is 24.3 Å². The van der Waals surface area contributed by atoms with E-state index in [9.17, 15) is 0 Å². The molecule has 0 N–H and O–H groups in total. The van der Waals surface area contributed by atoms with Crippen molar-refractivity contribution < 1.29 is 4.74 Å². The average molecular weight is 324 g/mol. The van der Waals surface area contributed by atoms with Gasteiger partial charge < -0.3 is 14.5 Å². The maximum Gasteiger partial charge on any atom is 0.0642 e. The van der Waals surface area contributed by atoms with Crippen LogP contribution in [0.15, 0.2) is 36.4 Å². The molecule has 0 aliphatic carbocycles. The lowest BCUT2D eigenvalue weighted by atomic mass is 10.0. The van der Waals surface area contributed by atoms with Gasteiger partial charge in [-0.15, -0.1) is 0 Å². The van der Waals surface area contributed by atoms with Crippen molar-refractivity contribution in [2.45, 2.75) is 32.2 Å². The van der Waals surface area contributed by atoms with Crippen molar-refractivity contribution in [3.8, 4) is 0 Å². The normalized spacial score (nSPS) is 22.4. The van der Waals surface area contributed by atoms with Gasteiger partial charge in [-0.3, -0.25) is 0 Å². The summed E-state index contributed by atoms with van der Waals surface area (Å²) in [4.78, 5) is 5.05. The molecule has 128 valence electrons. The first kappa shape index (κ1) is 15.9. The summed E-state index contributed by atoms with van der Waals surface area (Å²) >= 11 is 0. The second-order valence-corrected chi connectivity index (χ2v) is 7.24. The molecule has 2 saturated heterocycles. The first-order valence-corrected chi connectivity index (χ1v) is 9.39. The summed E-state index contributed by atoms with van der Waals surface area (Å²) < 4.78 is 5.46. The van der Waals surface area contributed by atoms with Crippen molar-refractivity contribution in [1.82, 2.24) is 4.90 Å². The second-order valence-electron chi connectivity index (χ2n) is 7.24. The molecule has 0 aromatic heterocycles. The molecule has 0 amide bonds. The highest BCUT2D eigenvalue weighted by Gasteiger charge is 2.19. The number of hydrogen-bond donors (Lipinski definition) is 0. The predicted molar refractivity (Wildman–Crippen MR) is 101 cm³/mol. The maximum absolute atomic E-state index is 5.46. The van der Waals surface area contributed by atoms with Crippen LogP contribution in [0.3, 0.4) is 0 Å². The SMILES string of the molecule is C[C@@H]1CCCN1CCc1ccc2cc(N3CCOCC3)ccc2c1. The van der Waals surface area contributed by atoms with Gasteiger partial charge in [0.25, 0.3) is 0 Å². The summed E-state index contributed by atoms with van der Waals surface area (Å²) in [6.07, 6.45) is 3.89. The Labute approximate surface area is 145 Å². The highest BCUT2D eigenvalue weighted by atomic mass is 16.5. The van der Waals surface area contributed by atoms with E-state index in [4.69, 9.17) is 4.74 Å². The molecule has 2 aromatic carbocycles. The van der Waals surface area contributed by atoms with Gasteiger partial charge in [0.2, 0.25) is 0 Å². The van der Waals surface area contributed by atoms with Crippen molar-refractivity contribution in [3.05, 3.63) is 42.0 Å². The van der Waals surface area contributed by atoms with Gasteiger partial charge in [-0.25, -0.2) is 0 Å². The fraction of sp³-hybridized carbons (Fsp3) is 0.524. The first-order chi connectivity index (χ1) is 11.8. The van der Waals surface area contributed by atoms with Crippen LogP contribution < -0.4 is 4.90 Å². The minimum absolute atomic E-state index is 0.765. The first-order valence-electron chi connectivity index (χ1n) is 9.39. The molecule has 0 radical (unpaired) electrons. The van der Waals surface area contributed by atoms with Crippen LogP contribution in [0.2, 0.25) is 0 Å². The summed E-state index contributed by atoms with van der Waals surface area (Å²) in [6.45, 7) is 8.50. The highest BCUT2D eigenvalue weighted by molar-refractivity contribution is 5.86. The second kappa shape index (κ2) is 7.12. The van der Waals surface area contributed by atoms with Gasteiger partial charge in [0.1, 0.15) is 0 Å². The van der Waals surface area contributed by atoms with Crippen LogP contribution in [0, 0.1) is 0 Å². The van der Waals surface area contributed by atoms with Crippen LogP contribution >= 0.6 is 0 Å². The Morgan fingerprint density at radius 2 is 1.79 bits per heavy atom. The van der Waals surface area contributed by atoms with E-state index in [1.807, 2.05) is 0 Å². The van der Waals surface area contributed by atoms with Crippen LogP contribution in [-0.4, -0.2) is 50.3 Å². The summed E-state index contributed by atoms with van der Waals surface area (Å²) in [5.41, 5.74) is 2.78.